The van der Waals surface area contributed by atoms with Crippen molar-refractivity contribution in [1.82, 2.24) is 4.90 Å². The van der Waals surface area contributed by atoms with Crippen molar-refractivity contribution in [2.75, 3.05) is 13.1 Å². The predicted molar refractivity (Wildman–Crippen MR) is 60.9 cm³/mol. The predicted octanol–water partition coefficient (Wildman–Crippen LogP) is 3.02. The Bertz CT molecular complexity index is 189. The summed E-state index contributed by atoms with van der Waals surface area (Å²) < 4.78 is 0. The first kappa shape index (κ1) is 12.2. The van der Waals surface area contributed by atoms with E-state index in [0.717, 1.165) is 18.7 Å². The van der Waals surface area contributed by atoms with Crippen molar-refractivity contribution in [3.05, 3.63) is 37.0 Å². The van der Waals surface area contributed by atoms with E-state index >= 15 is 0 Å². The lowest BCUT2D eigenvalue weighted by Gasteiger charge is -2.24. The Balaban J connectivity index is 4.01. The zero-order chi connectivity index (χ0) is 10.3. The van der Waals surface area contributed by atoms with Crippen molar-refractivity contribution < 1.29 is 0 Å². The van der Waals surface area contributed by atoms with Gasteiger partial charge in [0.25, 0.3) is 0 Å². The average molecular weight is 179 g/mol. The van der Waals surface area contributed by atoms with E-state index in [9.17, 15) is 0 Å². The molecule has 0 atom stereocenters. The minimum atomic E-state index is 0.582. The molecule has 0 saturated heterocycles. The summed E-state index contributed by atoms with van der Waals surface area (Å²) in [6, 6.07) is 0.582. The number of nitrogens with zero attached hydrogens (tertiary/aromatic N) is 1. The zero-order valence-corrected chi connectivity index (χ0v) is 9.09. The lowest BCUT2D eigenvalue weighted by molar-refractivity contribution is 0.256. The van der Waals surface area contributed by atoms with Crippen LogP contribution in [0, 0.1) is 0 Å². The number of hydrogen-bond acceptors (Lipinski definition) is 1. The van der Waals surface area contributed by atoms with Crippen molar-refractivity contribution in [3.63, 3.8) is 0 Å². The van der Waals surface area contributed by atoms with Crippen molar-refractivity contribution in [3.8, 4) is 0 Å². The normalized spacial score (nSPS) is 11.5. The molecule has 1 nitrogen and oxygen atoms in total. The third-order valence-electron chi connectivity index (χ3n) is 2.01. The van der Waals surface area contributed by atoms with Crippen LogP contribution in [0.3, 0.4) is 0 Å². The Morgan fingerprint density at radius 1 is 1.46 bits per heavy atom. The fraction of sp³-hybridized carbons (Fsp3) is 0.500. The second-order valence-electron chi connectivity index (χ2n) is 3.41. The molecule has 0 radical (unpaired) electrons. The Morgan fingerprint density at radius 3 is 2.46 bits per heavy atom. The minimum absolute atomic E-state index is 0.582. The van der Waals surface area contributed by atoms with Crippen LogP contribution in [0.5, 0.6) is 0 Å². The molecule has 13 heavy (non-hydrogen) atoms. The molecule has 74 valence electrons. The zero-order valence-electron chi connectivity index (χ0n) is 9.09. The molecule has 0 fully saturated rings. The second-order valence-corrected chi connectivity index (χ2v) is 3.41. The molecule has 0 heterocycles. The van der Waals surface area contributed by atoms with Gasteiger partial charge in [0, 0.05) is 12.6 Å². The summed E-state index contributed by atoms with van der Waals surface area (Å²) in [5, 5.41) is 0. The standard InChI is InChI=1S/C12H21N/c1-6-8-9-12(5)10-13(7-2)11(3)4/h6,8-9,11H,1,5,7,10H2,2-4H3/b9-8-. The number of rotatable bonds is 6. The van der Waals surface area contributed by atoms with Crippen LogP contribution in [-0.4, -0.2) is 24.0 Å². The SMILES string of the molecule is C=C/C=C\C(=C)CN(CC)C(C)C. The summed E-state index contributed by atoms with van der Waals surface area (Å²) in [5.74, 6) is 0. The lowest BCUT2D eigenvalue weighted by Crippen LogP contribution is -2.31. The molecule has 0 rings (SSSR count). The van der Waals surface area contributed by atoms with E-state index in [1.54, 1.807) is 6.08 Å². The minimum Gasteiger partial charge on any atom is -0.297 e. The van der Waals surface area contributed by atoms with Gasteiger partial charge < -0.3 is 0 Å². The molecule has 0 amide bonds. The largest absolute Gasteiger partial charge is 0.297 e. The first-order valence-corrected chi connectivity index (χ1v) is 4.82. The number of hydrogen-bond donors (Lipinski definition) is 0. The Hall–Kier alpha value is -0.820. The van der Waals surface area contributed by atoms with Crippen LogP contribution in [0.4, 0.5) is 0 Å². The number of likely N-dealkylation sites (N-methyl/N-ethyl adjacent to an activating group) is 1. The molecule has 0 spiro atoms. The van der Waals surface area contributed by atoms with E-state index in [4.69, 9.17) is 0 Å². The lowest BCUT2D eigenvalue weighted by atomic mass is 10.2. The fourth-order valence-electron chi connectivity index (χ4n) is 1.18. The maximum absolute atomic E-state index is 3.99. The van der Waals surface area contributed by atoms with Gasteiger partial charge in [0.05, 0.1) is 0 Å². The van der Waals surface area contributed by atoms with E-state index in [0.29, 0.717) is 6.04 Å². The molecule has 0 aromatic rings. The highest BCUT2D eigenvalue weighted by Gasteiger charge is 2.05. The topological polar surface area (TPSA) is 3.24 Å². The van der Waals surface area contributed by atoms with Crippen LogP contribution in [0.15, 0.2) is 37.0 Å². The van der Waals surface area contributed by atoms with E-state index in [1.807, 2.05) is 12.2 Å². The molecule has 0 N–H and O–H groups in total. The molecule has 1 heteroatoms. The van der Waals surface area contributed by atoms with Crippen LogP contribution < -0.4 is 0 Å². The van der Waals surface area contributed by atoms with Gasteiger partial charge in [-0.3, -0.25) is 4.90 Å². The van der Waals surface area contributed by atoms with Gasteiger partial charge in [-0.2, -0.15) is 0 Å². The summed E-state index contributed by atoms with van der Waals surface area (Å²) in [6.07, 6.45) is 5.71. The average Bonchev–Trinajstić information content (AvgIpc) is 2.10. The monoisotopic (exact) mass is 179 g/mol. The smallest absolute Gasteiger partial charge is 0.0230 e. The Kier molecular flexibility index (Phi) is 6.25. The summed E-state index contributed by atoms with van der Waals surface area (Å²) >= 11 is 0. The summed E-state index contributed by atoms with van der Waals surface area (Å²) in [4.78, 5) is 2.37. The van der Waals surface area contributed by atoms with Gasteiger partial charge in [-0.05, 0) is 26.0 Å². The molecule has 0 aliphatic rings. The first-order chi connectivity index (χ1) is 6.11. The third kappa shape index (κ3) is 5.42. The second kappa shape index (κ2) is 6.67. The summed E-state index contributed by atoms with van der Waals surface area (Å²) in [6.45, 7) is 16.2. The van der Waals surface area contributed by atoms with E-state index < -0.39 is 0 Å². The van der Waals surface area contributed by atoms with Crippen LogP contribution in [-0.2, 0) is 0 Å². The van der Waals surface area contributed by atoms with Crippen molar-refractivity contribution in [1.29, 1.82) is 0 Å². The molecule has 0 bridgehead atoms. The molecule has 0 aromatic carbocycles. The van der Waals surface area contributed by atoms with Gasteiger partial charge in [0.1, 0.15) is 0 Å². The van der Waals surface area contributed by atoms with E-state index in [-0.39, 0.29) is 0 Å². The number of allylic oxidation sites excluding steroid dienone is 2. The fourth-order valence-corrected chi connectivity index (χ4v) is 1.18. The van der Waals surface area contributed by atoms with Gasteiger partial charge in [0.2, 0.25) is 0 Å². The molecular weight excluding hydrogens is 158 g/mol. The molecule has 0 unspecified atom stereocenters. The molecular formula is C12H21N. The van der Waals surface area contributed by atoms with E-state index in [2.05, 4.69) is 38.8 Å². The maximum Gasteiger partial charge on any atom is 0.0230 e. The van der Waals surface area contributed by atoms with Crippen LogP contribution in [0.2, 0.25) is 0 Å². The van der Waals surface area contributed by atoms with Crippen LogP contribution in [0.1, 0.15) is 20.8 Å². The highest BCUT2D eigenvalue weighted by atomic mass is 15.1. The van der Waals surface area contributed by atoms with E-state index in [1.165, 1.54) is 0 Å². The Morgan fingerprint density at radius 2 is 2.08 bits per heavy atom. The van der Waals surface area contributed by atoms with Gasteiger partial charge in [0.15, 0.2) is 0 Å². The van der Waals surface area contributed by atoms with Crippen molar-refractivity contribution in [2.45, 2.75) is 26.8 Å². The van der Waals surface area contributed by atoms with Gasteiger partial charge in [-0.1, -0.05) is 38.3 Å². The molecule has 0 aliphatic heterocycles. The van der Waals surface area contributed by atoms with Crippen LogP contribution >= 0.6 is 0 Å². The molecule has 0 aliphatic carbocycles. The maximum atomic E-state index is 3.99. The summed E-state index contributed by atoms with van der Waals surface area (Å²) in [5.41, 5.74) is 1.13. The highest BCUT2D eigenvalue weighted by Crippen LogP contribution is 2.03. The molecule has 0 saturated carbocycles. The van der Waals surface area contributed by atoms with Crippen molar-refractivity contribution >= 4 is 0 Å². The Labute approximate surface area is 82.4 Å². The summed E-state index contributed by atoms with van der Waals surface area (Å²) in [7, 11) is 0. The highest BCUT2D eigenvalue weighted by molar-refractivity contribution is 5.19. The van der Waals surface area contributed by atoms with Crippen LogP contribution in [0.25, 0.3) is 0 Å². The first-order valence-electron chi connectivity index (χ1n) is 4.82. The third-order valence-corrected chi connectivity index (χ3v) is 2.01. The van der Waals surface area contributed by atoms with Gasteiger partial charge in [-0.15, -0.1) is 0 Å². The van der Waals surface area contributed by atoms with Crippen molar-refractivity contribution in [2.24, 2.45) is 0 Å². The quantitative estimate of drug-likeness (QED) is 0.566. The molecule has 0 aromatic heterocycles. The van der Waals surface area contributed by atoms with Gasteiger partial charge in [-0.25, -0.2) is 0 Å². The van der Waals surface area contributed by atoms with Gasteiger partial charge >= 0.3 is 0 Å².